The van der Waals surface area contributed by atoms with Crippen molar-refractivity contribution in [2.24, 2.45) is 5.73 Å². The Labute approximate surface area is 108 Å². The first-order valence-corrected chi connectivity index (χ1v) is 7.06. The maximum Gasteiger partial charge on any atom is 0.107 e. The van der Waals surface area contributed by atoms with Crippen LogP contribution in [0.4, 0.5) is 0 Å². The van der Waals surface area contributed by atoms with E-state index in [1.54, 1.807) is 11.3 Å². The summed E-state index contributed by atoms with van der Waals surface area (Å²) >= 11 is 11.1. The van der Waals surface area contributed by atoms with E-state index in [1.807, 2.05) is 0 Å². The van der Waals surface area contributed by atoms with E-state index in [2.05, 4.69) is 33.8 Å². The number of nitrogens with zero attached hydrogens (tertiary/aromatic N) is 1. The van der Waals surface area contributed by atoms with E-state index >= 15 is 0 Å². The van der Waals surface area contributed by atoms with Gasteiger partial charge in [0.2, 0.25) is 0 Å². The van der Waals surface area contributed by atoms with Gasteiger partial charge in [-0.2, -0.15) is 0 Å². The van der Waals surface area contributed by atoms with Crippen molar-refractivity contribution >= 4 is 38.9 Å². The summed E-state index contributed by atoms with van der Waals surface area (Å²) in [6.07, 6.45) is 1.08. The van der Waals surface area contributed by atoms with Crippen LogP contribution < -0.4 is 5.73 Å². The van der Waals surface area contributed by atoms with Crippen molar-refractivity contribution in [3.05, 3.63) is 19.8 Å². The van der Waals surface area contributed by atoms with Crippen molar-refractivity contribution < 1.29 is 0 Å². The SMILES string of the molecule is CCN1CCC(N)C1c1cc(Br)c(Cl)s1. The Morgan fingerprint density at radius 3 is 3.00 bits per heavy atom. The average Bonchev–Trinajstić information content (AvgIpc) is 2.71. The van der Waals surface area contributed by atoms with Crippen molar-refractivity contribution in [2.75, 3.05) is 13.1 Å². The molecular formula is C10H14BrClN2S. The van der Waals surface area contributed by atoms with Crippen LogP contribution in [0.1, 0.15) is 24.3 Å². The van der Waals surface area contributed by atoms with E-state index in [4.69, 9.17) is 17.3 Å². The summed E-state index contributed by atoms with van der Waals surface area (Å²) in [5.74, 6) is 0. The summed E-state index contributed by atoms with van der Waals surface area (Å²) in [4.78, 5) is 3.69. The molecule has 1 fully saturated rings. The van der Waals surface area contributed by atoms with Crippen LogP contribution in [-0.4, -0.2) is 24.0 Å². The molecule has 2 N–H and O–H groups in total. The van der Waals surface area contributed by atoms with Gasteiger partial charge in [-0.05, 0) is 35.0 Å². The van der Waals surface area contributed by atoms with Gasteiger partial charge in [0, 0.05) is 21.9 Å². The lowest BCUT2D eigenvalue weighted by atomic mass is 10.1. The maximum atomic E-state index is 6.14. The topological polar surface area (TPSA) is 29.3 Å². The lowest BCUT2D eigenvalue weighted by Gasteiger charge is -2.24. The van der Waals surface area contributed by atoms with Crippen LogP contribution in [0.15, 0.2) is 10.5 Å². The van der Waals surface area contributed by atoms with Gasteiger partial charge in [-0.25, -0.2) is 0 Å². The van der Waals surface area contributed by atoms with Crippen LogP contribution in [0.25, 0.3) is 0 Å². The van der Waals surface area contributed by atoms with Crippen molar-refractivity contribution in [2.45, 2.75) is 25.4 Å². The molecular weight excluding hydrogens is 296 g/mol. The molecule has 2 rings (SSSR count). The standard InChI is InChI=1S/C10H14BrClN2S/c1-2-14-4-3-7(13)9(14)8-5-6(11)10(12)15-8/h5,7,9H,2-4,13H2,1H3. The minimum atomic E-state index is 0.242. The Morgan fingerprint density at radius 1 is 1.73 bits per heavy atom. The number of rotatable bonds is 2. The van der Waals surface area contributed by atoms with Crippen LogP contribution >= 0.6 is 38.9 Å². The third-order valence-corrected chi connectivity index (χ3v) is 5.46. The fourth-order valence-electron chi connectivity index (χ4n) is 2.14. The molecule has 2 nitrogen and oxygen atoms in total. The number of nitrogens with two attached hydrogens (primary N) is 1. The highest BCUT2D eigenvalue weighted by molar-refractivity contribution is 9.10. The number of hydrogen-bond acceptors (Lipinski definition) is 3. The van der Waals surface area contributed by atoms with Gasteiger partial charge in [-0.3, -0.25) is 4.90 Å². The van der Waals surface area contributed by atoms with E-state index in [-0.39, 0.29) is 6.04 Å². The number of likely N-dealkylation sites (N-methyl/N-ethyl adjacent to an activating group) is 1. The second-order valence-corrected chi connectivity index (χ2v) is 6.34. The Hall–Kier alpha value is 0.390. The van der Waals surface area contributed by atoms with Crippen molar-refractivity contribution in [1.82, 2.24) is 4.90 Å². The molecule has 0 aliphatic carbocycles. The largest absolute Gasteiger partial charge is 0.326 e. The minimum Gasteiger partial charge on any atom is -0.326 e. The van der Waals surface area contributed by atoms with Crippen LogP contribution in [0.2, 0.25) is 4.34 Å². The average molecular weight is 310 g/mol. The van der Waals surface area contributed by atoms with Gasteiger partial charge in [0.1, 0.15) is 4.34 Å². The lowest BCUT2D eigenvalue weighted by Crippen LogP contribution is -2.31. The summed E-state index contributed by atoms with van der Waals surface area (Å²) in [7, 11) is 0. The molecule has 0 spiro atoms. The van der Waals surface area contributed by atoms with Gasteiger partial charge < -0.3 is 5.73 Å². The summed E-state index contributed by atoms with van der Waals surface area (Å²) in [6.45, 7) is 4.32. The molecule has 2 unspecified atom stereocenters. The van der Waals surface area contributed by atoms with Gasteiger partial charge in [0.15, 0.2) is 0 Å². The zero-order valence-corrected chi connectivity index (χ0v) is 11.7. The maximum absolute atomic E-state index is 6.14. The highest BCUT2D eigenvalue weighted by Crippen LogP contribution is 2.40. The first-order chi connectivity index (χ1) is 7.13. The Bertz CT molecular complexity index is 336. The van der Waals surface area contributed by atoms with Crippen LogP contribution in [-0.2, 0) is 0 Å². The predicted molar refractivity (Wildman–Crippen MR) is 69.6 cm³/mol. The third-order valence-electron chi connectivity index (χ3n) is 2.91. The normalized spacial score (nSPS) is 27.5. The van der Waals surface area contributed by atoms with Gasteiger partial charge in [-0.15, -0.1) is 11.3 Å². The zero-order chi connectivity index (χ0) is 11.0. The molecule has 1 aliphatic heterocycles. The van der Waals surface area contributed by atoms with Crippen LogP contribution in [0, 0.1) is 0 Å². The lowest BCUT2D eigenvalue weighted by molar-refractivity contribution is 0.264. The molecule has 5 heteroatoms. The molecule has 2 atom stereocenters. The monoisotopic (exact) mass is 308 g/mol. The van der Waals surface area contributed by atoms with E-state index < -0.39 is 0 Å². The second kappa shape index (κ2) is 4.72. The fraction of sp³-hybridized carbons (Fsp3) is 0.600. The van der Waals surface area contributed by atoms with Crippen molar-refractivity contribution in [3.63, 3.8) is 0 Å². The van der Waals surface area contributed by atoms with Gasteiger partial charge in [-0.1, -0.05) is 18.5 Å². The fourth-order valence-corrected chi connectivity index (χ4v) is 4.08. The van der Waals surface area contributed by atoms with E-state index in [9.17, 15) is 0 Å². The number of halogens is 2. The predicted octanol–water partition coefficient (Wildman–Crippen LogP) is 3.26. The third kappa shape index (κ3) is 2.24. The van der Waals surface area contributed by atoms with Gasteiger partial charge in [0.05, 0.1) is 6.04 Å². The molecule has 84 valence electrons. The van der Waals surface area contributed by atoms with Gasteiger partial charge >= 0.3 is 0 Å². The molecule has 0 amide bonds. The minimum absolute atomic E-state index is 0.242. The Balaban J connectivity index is 2.28. The number of likely N-dealkylation sites (tertiary alicyclic amines) is 1. The highest BCUT2D eigenvalue weighted by Gasteiger charge is 2.33. The molecule has 0 saturated carbocycles. The highest BCUT2D eigenvalue weighted by atomic mass is 79.9. The Kier molecular flexibility index (Phi) is 3.73. The summed E-state index contributed by atoms with van der Waals surface area (Å²) < 4.78 is 1.81. The number of hydrogen-bond donors (Lipinski definition) is 1. The van der Waals surface area contributed by atoms with Crippen molar-refractivity contribution in [3.8, 4) is 0 Å². The zero-order valence-electron chi connectivity index (χ0n) is 8.54. The molecule has 1 saturated heterocycles. The van der Waals surface area contributed by atoms with Gasteiger partial charge in [0.25, 0.3) is 0 Å². The first kappa shape index (κ1) is 11.9. The summed E-state index contributed by atoms with van der Waals surface area (Å²) in [6, 6.07) is 2.70. The summed E-state index contributed by atoms with van der Waals surface area (Å²) in [5.41, 5.74) is 6.14. The van der Waals surface area contributed by atoms with Crippen LogP contribution in [0.5, 0.6) is 0 Å². The van der Waals surface area contributed by atoms with Crippen molar-refractivity contribution in [1.29, 1.82) is 0 Å². The molecule has 1 aromatic rings. The molecule has 2 heterocycles. The van der Waals surface area contributed by atoms with E-state index in [1.165, 1.54) is 4.88 Å². The summed E-state index contributed by atoms with van der Waals surface area (Å²) in [5, 5.41) is 0. The molecule has 1 aliphatic rings. The molecule has 1 aromatic heterocycles. The molecule has 0 radical (unpaired) electrons. The second-order valence-electron chi connectivity index (χ2n) is 3.80. The van der Waals surface area contributed by atoms with E-state index in [0.717, 1.165) is 28.3 Å². The molecule has 0 aromatic carbocycles. The first-order valence-electron chi connectivity index (χ1n) is 5.07. The van der Waals surface area contributed by atoms with Crippen LogP contribution in [0.3, 0.4) is 0 Å². The van der Waals surface area contributed by atoms with E-state index in [0.29, 0.717) is 6.04 Å². The quantitative estimate of drug-likeness (QED) is 0.908. The number of thiophene rings is 1. The molecule has 0 bridgehead atoms. The molecule has 15 heavy (non-hydrogen) atoms. The smallest absolute Gasteiger partial charge is 0.107 e. The Morgan fingerprint density at radius 2 is 2.47 bits per heavy atom.